The van der Waals surface area contributed by atoms with Gasteiger partial charge in [-0.15, -0.1) is 11.6 Å². The summed E-state index contributed by atoms with van der Waals surface area (Å²) in [7, 11) is 0. The molecule has 0 rings (SSSR count). The van der Waals surface area contributed by atoms with Crippen LogP contribution in [0.25, 0.3) is 0 Å². The second kappa shape index (κ2) is 28.0. The molecule has 0 aliphatic rings. The molecular formula is C37H75ClO2. The lowest BCUT2D eigenvalue weighted by atomic mass is 9.80. The van der Waals surface area contributed by atoms with Crippen LogP contribution < -0.4 is 0 Å². The fourth-order valence-electron chi connectivity index (χ4n) is 7.31. The summed E-state index contributed by atoms with van der Waals surface area (Å²) in [4.78, 5) is 0. The summed E-state index contributed by atoms with van der Waals surface area (Å²) in [5, 5.41) is 0. The van der Waals surface area contributed by atoms with E-state index in [-0.39, 0.29) is 0 Å². The molecule has 0 aliphatic carbocycles. The molecule has 7 unspecified atom stereocenters. The van der Waals surface area contributed by atoms with Crippen molar-refractivity contribution in [2.45, 2.75) is 171 Å². The highest BCUT2D eigenvalue weighted by atomic mass is 35.5. The molecule has 3 heteroatoms. The molecule has 0 bridgehead atoms. The largest absolute Gasteiger partial charge is 0.355 e. The van der Waals surface area contributed by atoms with E-state index in [2.05, 4.69) is 55.4 Å². The Morgan fingerprint density at radius 1 is 0.425 bits per heavy atom. The van der Waals surface area contributed by atoms with Crippen LogP contribution in [0.1, 0.15) is 171 Å². The molecule has 0 spiro atoms. The monoisotopic (exact) mass is 587 g/mol. The van der Waals surface area contributed by atoms with E-state index in [0.29, 0.717) is 6.79 Å². The summed E-state index contributed by atoms with van der Waals surface area (Å²) in [6, 6.07) is 0. The van der Waals surface area contributed by atoms with Gasteiger partial charge in [0.2, 0.25) is 0 Å². The van der Waals surface area contributed by atoms with Gasteiger partial charge in [0.05, 0.1) is 0 Å². The van der Waals surface area contributed by atoms with Crippen molar-refractivity contribution in [3.8, 4) is 0 Å². The third-order valence-electron chi connectivity index (χ3n) is 8.95. The van der Waals surface area contributed by atoms with Crippen LogP contribution >= 0.6 is 11.6 Å². The highest BCUT2D eigenvalue weighted by molar-refractivity contribution is 6.17. The third-order valence-corrected chi connectivity index (χ3v) is 9.22. The molecule has 40 heavy (non-hydrogen) atoms. The van der Waals surface area contributed by atoms with E-state index in [9.17, 15) is 0 Å². The average molecular weight is 587 g/mol. The predicted molar refractivity (Wildman–Crippen MR) is 180 cm³/mol. The van der Waals surface area contributed by atoms with Gasteiger partial charge in [-0.05, 0) is 112 Å². The van der Waals surface area contributed by atoms with Crippen molar-refractivity contribution in [1.82, 2.24) is 0 Å². The second-order valence-corrected chi connectivity index (χ2v) is 14.9. The minimum atomic E-state index is 0.474. The number of hydrogen-bond donors (Lipinski definition) is 0. The zero-order valence-corrected chi connectivity index (χ0v) is 29.5. The van der Waals surface area contributed by atoms with Crippen molar-refractivity contribution >= 4 is 11.6 Å². The maximum atomic E-state index is 5.88. The molecule has 0 aromatic rings. The Morgan fingerprint density at radius 2 is 0.775 bits per heavy atom. The van der Waals surface area contributed by atoms with Gasteiger partial charge in [0.15, 0.2) is 0 Å². The number of alkyl halides is 1. The minimum Gasteiger partial charge on any atom is -0.355 e. The molecule has 0 radical (unpaired) electrons. The van der Waals surface area contributed by atoms with Gasteiger partial charge in [0.1, 0.15) is 6.79 Å². The zero-order valence-electron chi connectivity index (χ0n) is 28.8. The Balaban J connectivity index is 3.77. The van der Waals surface area contributed by atoms with E-state index in [1.54, 1.807) is 0 Å². The van der Waals surface area contributed by atoms with Crippen LogP contribution in [0.2, 0.25) is 0 Å². The van der Waals surface area contributed by atoms with Crippen molar-refractivity contribution < 1.29 is 9.47 Å². The summed E-state index contributed by atoms with van der Waals surface area (Å²) >= 11 is 5.88. The van der Waals surface area contributed by atoms with E-state index in [4.69, 9.17) is 21.1 Å². The molecular weight excluding hydrogens is 512 g/mol. The Morgan fingerprint density at radius 3 is 1.20 bits per heavy atom. The molecule has 0 aromatic heterocycles. The van der Waals surface area contributed by atoms with Gasteiger partial charge in [-0.1, -0.05) is 100 Å². The molecule has 0 aliphatic heterocycles. The summed E-state index contributed by atoms with van der Waals surface area (Å²) in [6.45, 7) is 21.7. The van der Waals surface area contributed by atoms with E-state index < -0.39 is 0 Å². The minimum absolute atomic E-state index is 0.474. The van der Waals surface area contributed by atoms with Crippen molar-refractivity contribution in [2.75, 3.05) is 25.9 Å². The van der Waals surface area contributed by atoms with Crippen molar-refractivity contribution in [3.63, 3.8) is 0 Å². The van der Waals surface area contributed by atoms with Crippen LogP contribution in [0.5, 0.6) is 0 Å². The summed E-state index contributed by atoms with van der Waals surface area (Å²) < 4.78 is 11.4. The first kappa shape index (κ1) is 40.2. The van der Waals surface area contributed by atoms with E-state index >= 15 is 0 Å². The van der Waals surface area contributed by atoms with Gasteiger partial charge in [0.25, 0.3) is 0 Å². The molecule has 2 nitrogen and oxygen atoms in total. The van der Waals surface area contributed by atoms with Gasteiger partial charge < -0.3 is 9.47 Å². The molecule has 0 saturated carbocycles. The molecule has 242 valence electrons. The van der Waals surface area contributed by atoms with Crippen molar-refractivity contribution in [1.29, 1.82) is 0 Å². The number of rotatable bonds is 30. The number of unbranched alkanes of at least 4 members (excludes halogenated alkanes) is 7. The number of hydrogen-bond acceptors (Lipinski definition) is 2. The van der Waals surface area contributed by atoms with Gasteiger partial charge >= 0.3 is 0 Å². The van der Waals surface area contributed by atoms with Gasteiger partial charge in [0, 0.05) is 19.1 Å². The lowest BCUT2D eigenvalue weighted by molar-refractivity contribution is -0.0561. The number of halogens is 1. The quantitative estimate of drug-likeness (QED) is 0.0473. The Kier molecular flexibility index (Phi) is 28.2. The summed E-state index contributed by atoms with van der Waals surface area (Å²) in [5.41, 5.74) is 0. The smallest absolute Gasteiger partial charge is 0.146 e. The van der Waals surface area contributed by atoms with Crippen LogP contribution in [-0.2, 0) is 9.47 Å². The van der Waals surface area contributed by atoms with Gasteiger partial charge in [-0.2, -0.15) is 0 Å². The van der Waals surface area contributed by atoms with E-state index in [1.807, 2.05) is 0 Å². The summed E-state index contributed by atoms with van der Waals surface area (Å²) in [6.07, 6.45) is 23.9. The van der Waals surface area contributed by atoms with Gasteiger partial charge in [-0.3, -0.25) is 0 Å². The Bertz CT molecular complexity index is 512. The lowest BCUT2D eigenvalue weighted by Crippen LogP contribution is -2.14. The van der Waals surface area contributed by atoms with E-state index in [1.165, 1.54) is 109 Å². The van der Waals surface area contributed by atoms with E-state index in [0.717, 1.165) is 66.9 Å². The average Bonchev–Trinajstić information content (AvgIpc) is 2.86. The number of ether oxygens (including phenoxy) is 2. The Hall–Kier alpha value is 0.210. The van der Waals surface area contributed by atoms with Gasteiger partial charge in [-0.25, -0.2) is 0 Å². The first-order valence-electron chi connectivity index (χ1n) is 17.9. The molecule has 7 atom stereocenters. The van der Waals surface area contributed by atoms with Crippen LogP contribution in [0.15, 0.2) is 0 Å². The third kappa shape index (κ3) is 27.1. The normalized spacial score (nSPS) is 17.3. The standard InChI is InChI=1S/C37H75ClO2/c1-9-10-11-12-13-14-15-16-22-39-30-40-23-18-20-32(3)25-34(5)27-36(7)29-37(8)28-35(6)26-33(4)24-31(2)19-17-21-38/h31-37H,9-30H2,1-8H3. The summed E-state index contributed by atoms with van der Waals surface area (Å²) in [5.74, 6) is 6.58. The Labute approximate surface area is 258 Å². The second-order valence-electron chi connectivity index (χ2n) is 14.5. The fourth-order valence-corrected chi connectivity index (χ4v) is 7.47. The molecule has 0 heterocycles. The first-order valence-corrected chi connectivity index (χ1v) is 18.4. The molecule has 0 fully saturated rings. The topological polar surface area (TPSA) is 18.5 Å². The maximum Gasteiger partial charge on any atom is 0.146 e. The molecule has 0 N–H and O–H groups in total. The van der Waals surface area contributed by atoms with Crippen LogP contribution in [0.3, 0.4) is 0 Å². The lowest BCUT2D eigenvalue weighted by Gasteiger charge is -2.26. The maximum absolute atomic E-state index is 5.88. The molecule has 0 amide bonds. The highest BCUT2D eigenvalue weighted by Crippen LogP contribution is 2.30. The SMILES string of the molecule is CCCCCCCCCCOCOCCCC(C)CC(C)CC(C)CC(C)CC(C)CC(C)CC(C)CCCCl. The molecule has 0 saturated heterocycles. The predicted octanol–water partition coefficient (Wildman–Crippen LogP) is 12.7. The molecule has 0 aromatic carbocycles. The fraction of sp³-hybridized carbons (Fsp3) is 1.00. The first-order chi connectivity index (χ1) is 19.2. The zero-order chi connectivity index (χ0) is 30.0. The van der Waals surface area contributed by atoms with Crippen molar-refractivity contribution in [2.24, 2.45) is 41.4 Å². The van der Waals surface area contributed by atoms with Crippen LogP contribution in [0.4, 0.5) is 0 Å². The van der Waals surface area contributed by atoms with Crippen LogP contribution in [0, 0.1) is 41.4 Å². The highest BCUT2D eigenvalue weighted by Gasteiger charge is 2.18. The van der Waals surface area contributed by atoms with Crippen LogP contribution in [-0.4, -0.2) is 25.9 Å². The van der Waals surface area contributed by atoms with Crippen molar-refractivity contribution in [3.05, 3.63) is 0 Å².